The Hall–Kier alpha value is -0.610. The third-order valence-corrected chi connectivity index (χ3v) is 2.87. The summed E-state index contributed by atoms with van der Waals surface area (Å²) in [5.41, 5.74) is 0.784. The highest BCUT2D eigenvalue weighted by Crippen LogP contribution is 2.22. The molecule has 0 bridgehead atoms. The van der Waals surface area contributed by atoms with Crippen LogP contribution in [0.15, 0.2) is 19.9 Å². The van der Waals surface area contributed by atoms with E-state index in [2.05, 4.69) is 54.0 Å². The first-order valence-corrected chi connectivity index (χ1v) is 5.49. The van der Waals surface area contributed by atoms with E-state index in [1.165, 1.54) is 6.20 Å². The lowest BCUT2D eigenvalue weighted by atomic mass is 10.3. The Labute approximate surface area is 107 Å². The Morgan fingerprint density at radius 2 is 2.29 bits per heavy atom. The third-order valence-electron chi connectivity index (χ3n) is 1.39. The van der Waals surface area contributed by atoms with Crippen molar-refractivity contribution in [1.82, 2.24) is 18.4 Å². The second-order valence-corrected chi connectivity index (χ2v) is 4.15. The Morgan fingerprint density at radius 3 is 3.00 bits per heavy atom. The van der Waals surface area contributed by atoms with Crippen molar-refractivity contribution in [2.75, 3.05) is 0 Å². The molecule has 8 heteroatoms. The molecule has 70 valence electrons. The predicted octanol–water partition coefficient (Wildman–Crippen LogP) is 1.24. The van der Waals surface area contributed by atoms with Crippen molar-refractivity contribution in [3.05, 3.63) is 15.7 Å². The first-order chi connectivity index (χ1) is 6.79. The molecule has 0 atom stereocenters. The fourth-order valence-electron chi connectivity index (χ4n) is 0.824. The first kappa shape index (κ1) is 9.93. The summed E-state index contributed by atoms with van der Waals surface area (Å²) in [5, 5.41) is 11.1. The molecule has 0 N–H and O–H groups in total. The van der Waals surface area contributed by atoms with Crippen molar-refractivity contribution in [2.24, 2.45) is 9.98 Å². The van der Waals surface area contributed by atoms with Crippen molar-refractivity contribution in [3.8, 4) is 0 Å². The van der Waals surface area contributed by atoms with Crippen LogP contribution in [0.1, 0.15) is 5.82 Å². The molecule has 1 aromatic rings. The molecule has 0 fully saturated rings. The topological polar surface area (TPSA) is 68.3 Å². The summed E-state index contributed by atoms with van der Waals surface area (Å²) >= 11 is 4.08. The number of rotatable bonds is 1. The fraction of sp³-hybridized carbons (Fsp3) is 0. The van der Waals surface area contributed by atoms with Crippen molar-refractivity contribution < 1.29 is 0 Å². The molecule has 0 saturated heterocycles. The molecule has 1 aromatic heterocycles. The van der Waals surface area contributed by atoms with Crippen LogP contribution >= 0.6 is 45.5 Å². The second-order valence-electron chi connectivity index (χ2n) is 2.22. The molecule has 1 aliphatic heterocycles. The van der Waals surface area contributed by atoms with E-state index in [9.17, 15) is 0 Å². The zero-order valence-corrected chi connectivity index (χ0v) is 10.9. The number of nitrogens with zero attached hydrogens (tertiary/aromatic N) is 6. The van der Waals surface area contributed by atoms with E-state index < -0.39 is 0 Å². The van der Waals surface area contributed by atoms with Crippen LogP contribution in [-0.4, -0.2) is 30.5 Å². The van der Waals surface area contributed by atoms with Gasteiger partial charge in [0, 0.05) is 12.1 Å². The minimum Gasteiger partial charge on any atom is -0.254 e. The van der Waals surface area contributed by atoms with Gasteiger partial charge in [0.2, 0.25) is 0 Å². The van der Waals surface area contributed by atoms with E-state index in [4.69, 9.17) is 0 Å². The van der Waals surface area contributed by atoms with E-state index in [1.54, 1.807) is 9.11 Å². The Balaban J connectivity index is 2.55. The molecule has 1 aliphatic rings. The summed E-state index contributed by atoms with van der Waals surface area (Å²) in [4.78, 5) is 8.00. The number of hydrogen-bond donors (Lipinski definition) is 0. The fourth-order valence-corrected chi connectivity index (χ4v) is 1.79. The van der Waals surface area contributed by atoms with Crippen LogP contribution in [0.3, 0.4) is 0 Å². The van der Waals surface area contributed by atoms with Crippen molar-refractivity contribution in [3.63, 3.8) is 0 Å². The maximum absolute atomic E-state index is 4.03. The molecular formula is C6H2I2N6. The zero-order chi connectivity index (χ0) is 9.97. The Bertz CT molecular complexity index is 478. The lowest BCUT2D eigenvalue weighted by molar-refractivity contribution is 0.870. The largest absolute Gasteiger partial charge is 0.254 e. The highest BCUT2D eigenvalue weighted by molar-refractivity contribution is 14.1. The summed E-state index contributed by atoms with van der Waals surface area (Å²) in [6, 6.07) is 0. The highest BCUT2D eigenvalue weighted by atomic mass is 127. The van der Waals surface area contributed by atoms with Gasteiger partial charge in [0.05, 0.1) is 34.6 Å². The minimum absolute atomic E-state index is 0.625. The summed E-state index contributed by atoms with van der Waals surface area (Å²) in [5.74, 6) is 3.29. The van der Waals surface area contributed by atoms with Gasteiger partial charge in [-0.2, -0.15) is 7.89 Å². The number of hydrogen-bond acceptors (Lipinski definition) is 5. The van der Waals surface area contributed by atoms with Gasteiger partial charge in [-0.3, -0.25) is 4.99 Å². The van der Waals surface area contributed by atoms with E-state index >= 15 is 0 Å². The third kappa shape index (κ3) is 1.91. The molecule has 14 heavy (non-hydrogen) atoms. The van der Waals surface area contributed by atoms with Crippen molar-refractivity contribution in [2.45, 2.75) is 0 Å². The number of halogens is 2. The van der Waals surface area contributed by atoms with Gasteiger partial charge < -0.3 is 0 Å². The van der Waals surface area contributed by atoms with Gasteiger partial charge in [-0.25, -0.2) is 0 Å². The Kier molecular flexibility index (Phi) is 3.03. The molecule has 0 radical (unpaired) electrons. The summed E-state index contributed by atoms with van der Waals surface area (Å²) in [6.07, 6.45) is 3.15. The number of aromatic nitrogens is 4. The summed E-state index contributed by atoms with van der Waals surface area (Å²) in [6.45, 7) is 0. The first-order valence-electron chi connectivity index (χ1n) is 3.45. The molecule has 0 unspecified atom stereocenters. The van der Waals surface area contributed by atoms with Crippen LogP contribution in [0.5, 0.6) is 0 Å². The number of tetrazole rings is 1. The van der Waals surface area contributed by atoms with Crippen molar-refractivity contribution >= 4 is 63.1 Å². The molecule has 2 heterocycles. The van der Waals surface area contributed by atoms with Gasteiger partial charge in [0.25, 0.3) is 0 Å². The molecule has 0 amide bonds. The van der Waals surface area contributed by atoms with Gasteiger partial charge in [0.1, 0.15) is 3.70 Å². The molecule has 0 aromatic carbocycles. The molecular weight excluding hydrogens is 410 g/mol. The van der Waals surface area contributed by atoms with Crippen molar-refractivity contribution in [1.29, 1.82) is 0 Å². The lowest BCUT2D eigenvalue weighted by Crippen LogP contribution is -1.95. The van der Waals surface area contributed by atoms with Crippen LogP contribution in [-0.2, 0) is 0 Å². The highest BCUT2D eigenvalue weighted by Gasteiger charge is 2.12. The smallest absolute Gasteiger partial charge is 0.196 e. The van der Waals surface area contributed by atoms with Crippen LogP contribution in [0.2, 0.25) is 0 Å². The van der Waals surface area contributed by atoms with E-state index in [-0.39, 0.29) is 0 Å². The van der Waals surface area contributed by atoms with Gasteiger partial charge >= 0.3 is 0 Å². The molecule has 0 spiro atoms. The monoisotopic (exact) mass is 412 g/mol. The normalized spacial score (nSPS) is 15.0. The van der Waals surface area contributed by atoms with Gasteiger partial charge in [-0.1, -0.05) is 0 Å². The van der Waals surface area contributed by atoms with Gasteiger partial charge in [-0.15, -0.1) is 5.10 Å². The second kappa shape index (κ2) is 4.28. The van der Waals surface area contributed by atoms with Gasteiger partial charge in [0.15, 0.2) is 5.82 Å². The predicted molar refractivity (Wildman–Crippen MR) is 68.7 cm³/mol. The number of allylic oxidation sites excluding steroid dienone is 1. The maximum atomic E-state index is 4.03. The van der Waals surface area contributed by atoms with E-state index in [0.29, 0.717) is 5.82 Å². The number of aliphatic imine (C=N–C) groups is 2. The SMILES string of the molecule is IC1=C(c2nnnn2I)C=NC=C=N1. The molecule has 6 nitrogen and oxygen atoms in total. The van der Waals surface area contributed by atoms with E-state index in [0.717, 1.165) is 9.28 Å². The Morgan fingerprint density at radius 1 is 1.43 bits per heavy atom. The average Bonchev–Trinajstić information content (AvgIpc) is 2.46. The molecule has 0 aliphatic carbocycles. The minimum atomic E-state index is 0.625. The quantitative estimate of drug-likeness (QED) is 0.515. The van der Waals surface area contributed by atoms with Crippen LogP contribution < -0.4 is 0 Å². The maximum Gasteiger partial charge on any atom is 0.196 e. The van der Waals surface area contributed by atoms with Crippen LogP contribution in [0, 0.1) is 0 Å². The summed E-state index contributed by atoms with van der Waals surface area (Å²) < 4.78 is 2.30. The zero-order valence-electron chi connectivity index (χ0n) is 6.59. The molecule has 2 rings (SSSR count). The van der Waals surface area contributed by atoms with E-state index in [1.807, 2.05) is 22.9 Å². The van der Waals surface area contributed by atoms with Crippen LogP contribution in [0.25, 0.3) is 5.57 Å². The molecule has 0 saturated carbocycles. The standard InChI is InChI=1S/C6H2I2N6/c7-5-4(3-9-1-2-10-5)6-11-12-13-14(6)8/h1,3H. The average molecular weight is 412 g/mol. The lowest BCUT2D eigenvalue weighted by Gasteiger charge is -1.96. The summed E-state index contributed by atoms with van der Waals surface area (Å²) in [7, 11) is 0. The van der Waals surface area contributed by atoms with Crippen LogP contribution in [0.4, 0.5) is 0 Å². The van der Waals surface area contributed by atoms with Gasteiger partial charge in [-0.05, 0) is 33.0 Å².